The molecule has 192 valence electrons. The lowest BCUT2D eigenvalue weighted by molar-refractivity contribution is -0.0259. The van der Waals surface area contributed by atoms with Crippen LogP contribution in [0.5, 0.6) is 5.75 Å². The van der Waals surface area contributed by atoms with Gasteiger partial charge in [0, 0.05) is 7.05 Å². The van der Waals surface area contributed by atoms with Crippen molar-refractivity contribution >= 4 is 38.7 Å². The molecule has 0 unspecified atom stereocenters. The summed E-state index contributed by atoms with van der Waals surface area (Å²) in [7, 11) is -2.02. The molecule has 36 heavy (non-hydrogen) atoms. The number of phenols is 1. The number of nitrogens with zero attached hydrogens (tertiary/aromatic N) is 1. The highest BCUT2D eigenvalue weighted by molar-refractivity contribution is 7.89. The van der Waals surface area contributed by atoms with Crippen LogP contribution >= 0.6 is 11.6 Å². The van der Waals surface area contributed by atoms with Gasteiger partial charge in [0.25, 0.3) is 20.9 Å². The number of ether oxygens (including phenoxy) is 1. The molecule has 3 N–H and O–H groups in total. The fourth-order valence-corrected chi connectivity index (χ4v) is 5.72. The summed E-state index contributed by atoms with van der Waals surface area (Å²) in [6.07, 6.45) is 2.28. The molecule has 10 nitrogen and oxygen atoms in total. The SMILES string of the molecule is CON(C)S(=O)(=O)c1c(Cl)ccc(Nc2c(N[C@@H]3CCC[C@H]3OCc3ccccc3)c(=O)c2=O)c1O. The molecule has 2 atom stereocenters. The van der Waals surface area contributed by atoms with Gasteiger partial charge in [-0.2, -0.15) is 0 Å². The Hall–Kier alpha value is -2.96. The third-order valence-electron chi connectivity index (χ3n) is 6.20. The Morgan fingerprint density at radius 2 is 1.78 bits per heavy atom. The molecule has 1 saturated carbocycles. The van der Waals surface area contributed by atoms with Crippen molar-refractivity contribution in [1.29, 1.82) is 0 Å². The van der Waals surface area contributed by atoms with Crippen molar-refractivity contribution in [1.82, 2.24) is 4.47 Å². The second-order valence-corrected chi connectivity index (χ2v) is 10.7. The van der Waals surface area contributed by atoms with Crippen molar-refractivity contribution in [3.63, 3.8) is 0 Å². The molecule has 12 heteroatoms. The van der Waals surface area contributed by atoms with E-state index >= 15 is 0 Å². The van der Waals surface area contributed by atoms with E-state index in [2.05, 4.69) is 10.6 Å². The minimum atomic E-state index is -4.30. The van der Waals surface area contributed by atoms with E-state index in [9.17, 15) is 23.1 Å². The highest BCUT2D eigenvalue weighted by Crippen LogP contribution is 2.40. The highest BCUT2D eigenvalue weighted by Gasteiger charge is 2.33. The molecular formula is C24H26ClN3O7S. The molecule has 0 radical (unpaired) electrons. The van der Waals surface area contributed by atoms with Gasteiger partial charge in [0.05, 0.1) is 36.6 Å². The maximum Gasteiger partial charge on any atom is 0.269 e. The van der Waals surface area contributed by atoms with Crippen LogP contribution in [-0.4, -0.2) is 44.3 Å². The van der Waals surface area contributed by atoms with E-state index in [-0.39, 0.29) is 34.2 Å². The number of aromatic hydroxyl groups is 1. The summed E-state index contributed by atoms with van der Waals surface area (Å²) in [5.74, 6) is -0.713. The molecule has 1 aliphatic carbocycles. The smallest absolute Gasteiger partial charge is 0.269 e. The quantitative estimate of drug-likeness (QED) is 0.203. The Bertz CT molecular complexity index is 1420. The molecule has 0 aliphatic heterocycles. The van der Waals surface area contributed by atoms with Gasteiger partial charge in [-0.15, -0.1) is 0 Å². The Balaban J connectivity index is 1.55. The van der Waals surface area contributed by atoms with E-state index < -0.39 is 31.5 Å². The zero-order valence-electron chi connectivity index (χ0n) is 19.7. The van der Waals surface area contributed by atoms with Crippen LogP contribution in [0.25, 0.3) is 0 Å². The molecule has 4 rings (SSSR count). The van der Waals surface area contributed by atoms with Crippen LogP contribution in [0.15, 0.2) is 56.9 Å². The number of hydrogen-bond acceptors (Lipinski definition) is 9. The number of benzene rings is 2. The topological polar surface area (TPSA) is 134 Å². The van der Waals surface area contributed by atoms with Crippen molar-refractivity contribution in [2.45, 2.75) is 42.9 Å². The van der Waals surface area contributed by atoms with E-state index in [1.165, 1.54) is 12.1 Å². The van der Waals surface area contributed by atoms with Crippen LogP contribution in [0, 0.1) is 0 Å². The summed E-state index contributed by atoms with van der Waals surface area (Å²) >= 11 is 6.05. The van der Waals surface area contributed by atoms with Crippen LogP contribution in [-0.2, 0) is 26.2 Å². The fraction of sp³-hybridized carbons (Fsp3) is 0.333. The number of rotatable bonds is 10. The van der Waals surface area contributed by atoms with Crippen LogP contribution < -0.4 is 21.5 Å². The van der Waals surface area contributed by atoms with Gasteiger partial charge in [-0.05, 0) is 37.0 Å². The van der Waals surface area contributed by atoms with Crippen LogP contribution in [0.4, 0.5) is 17.1 Å². The van der Waals surface area contributed by atoms with Gasteiger partial charge in [-0.1, -0.05) is 46.4 Å². The third kappa shape index (κ3) is 4.97. The monoisotopic (exact) mass is 535 g/mol. The number of sulfonamides is 1. The van der Waals surface area contributed by atoms with E-state index in [1.807, 2.05) is 30.3 Å². The lowest BCUT2D eigenvalue weighted by atomic mass is 10.1. The minimum Gasteiger partial charge on any atom is -0.504 e. The highest BCUT2D eigenvalue weighted by atomic mass is 35.5. The zero-order valence-corrected chi connectivity index (χ0v) is 21.2. The number of halogens is 1. The van der Waals surface area contributed by atoms with Crippen LogP contribution in [0.1, 0.15) is 24.8 Å². The molecule has 1 fully saturated rings. The molecule has 1 aliphatic rings. The lowest BCUT2D eigenvalue weighted by Crippen LogP contribution is -2.41. The first-order chi connectivity index (χ1) is 17.1. The van der Waals surface area contributed by atoms with E-state index in [4.69, 9.17) is 21.2 Å². The Labute approximate surface area is 213 Å². The number of hydroxylamine groups is 1. The van der Waals surface area contributed by atoms with Crippen molar-refractivity contribution < 1.29 is 23.1 Å². The van der Waals surface area contributed by atoms with Crippen molar-refractivity contribution in [2.75, 3.05) is 24.8 Å². The third-order valence-corrected chi connectivity index (χ3v) is 8.38. The van der Waals surface area contributed by atoms with E-state index in [0.29, 0.717) is 11.1 Å². The largest absolute Gasteiger partial charge is 0.504 e. The number of anilines is 3. The predicted octanol–water partition coefficient (Wildman–Crippen LogP) is 3.12. The number of nitrogens with one attached hydrogen (secondary N) is 2. The maximum atomic E-state index is 12.7. The second kappa shape index (κ2) is 10.6. The summed E-state index contributed by atoms with van der Waals surface area (Å²) < 4.78 is 32.0. The number of hydrogen-bond donors (Lipinski definition) is 3. The normalized spacial score (nSPS) is 18.1. The van der Waals surface area contributed by atoms with Gasteiger partial charge < -0.3 is 20.5 Å². The first-order valence-corrected chi connectivity index (χ1v) is 13.0. The first kappa shape index (κ1) is 26.1. The molecule has 0 bridgehead atoms. The maximum absolute atomic E-state index is 12.7. The molecule has 0 aromatic heterocycles. The van der Waals surface area contributed by atoms with Crippen LogP contribution in [0.3, 0.4) is 0 Å². The molecule has 3 aromatic carbocycles. The van der Waals surface area contributed by atoms with Gasteiger partial charge in [0.2, 0.25) is 0 Å². The van der Waals surface area contributed by atoms with E-state index in [0.717, 1.165) is 39.0 Å². The second-order valence-electron chi connectivity index (χ2n) is 8.42. The summed E-state index contributed by atoms with van der Waals surface area (Å²) in [6.45, 7) is 0.423. The van der Waals surface area contributed by atoms with Crippen molar-refractivity contribution in [2.24, 2.45) is 0 Å². The van der Waals surface area contributed by atoms with Gasteiger partial charge in [-0.25, -0.2) is 8.42 Å². The summed E-state index contributed by atoms with van der Waals surface area (Å²) in [5.41, 5.74) is -0.581. The predicted molar refractivity (Wildman–Crippen MR) is 136 cm³/mol. The van der Waals surface area contributed by atoms with Gasteiger partial charge in [0.1, 0.15) is 16.3 Å². The summed E-state index contributed by atoms with van der Waals surface area (Å²) in [4.78, 5) is 28.9. The van der Waals surface area contributed by atoms with Crippen molar-refractivity contribution in [3.05, 3.63) is 73.5 Å². The molecule has 0 saturated heterocycles. The van der Waals surface area contributed by atoms with Crippen molar-refractivity contribution in [3.8, 4) is 5.75 Å². The summed E-state index contributed by atoms with van der Waals surface area (Å²) in [6, 6.07) is 12.1. The lowest BCUT2D eigenvalue weighted by Gasteiger charge is -2.25. The average Bonchev–Trinajstić information content (AvgIpc) is 3.32. The minimum absolute atomic E-state index is 0.0629. The van der Waals surface area contributed by atoms with Gasteiger partial charge in [-0.3, -0.25) is 14.4 Å². The van der Waals surface area contributed by atoms with Gasteiger partial charge in [0.15, 0.2) is 5.75 Å². The standard InChI is InChI=1S/C24H26ClN3O7S/c1-28(34-2)36(32,33)24-15(25)11-12-17(21(24)29)27-20-19(22(30)23(20)31)26-16-9-6-10-18(16)35-13-14-7-4-3-5-8-14/h3-5,7-8,11-12,16,18,26-27,29H,6,9-10,13H2,1-2H3/t16-,18-/m1/s1. The molecule has 0 heterocycles. The average molecular weight is 536 g/mol. The summed E-state index contributed by atoms with van der Waals surface area (Å²) in [5, 5.41) is 16.3. The van der Waals surface area contributed by atoms with Crippen LogP contribution in [0.2, 0.25) is 5.02 Å². The molecule has 3 aromatic rings. The molecule has 0 amide bonds. The van der Waals surface area contributed by atoms with Gasteiger partial charge >= 0.3 is 0 Å². The Morgan fingerprint density at radius 3 is 2.47 bits per heavy atom. The zero-order chi connectivity index (χ0) is 26.0. The molecule has 0 spiro atoms. The Kier molecular flexibility index (Phi) is 7.67. The first-order valence-electron chi connectivity index (χ1n) is 11.2. The van der Waals surface area contributed by atoms with E-state index in [1.54, 1.807) is 0 Å². The fourth-order valence-electron chi connectivity index (χ4n) is 4.16. The molecular weight excluding hydrogens is 510 g/mol. The number of phenolic OH excluding ortho intramolecular Hbond substituents is 1. The Morgan fingerprint density at radius 1 is 1.08 bits per heavy atom.